The van der Waals surface area contributed by atoms with E-state index in [-0.39, 0.29) is 23.0 Å². The Kier molecular flexibility index (Phi) is 6.80. The Labute approximate surface area is 182 Å². The van der Waals surface area contributed by atoms with Gasteiger partial charge in [0.2, 0.25) is 5.91 Å². The molecule has 0 saturated carbocycles. The van der Waals surface area contributed by atoms with E-state index >= 15 is 0 Å². The lowest BCUT2D eigenvalue weighted by atomic mass is 10.1. The van der Waals surface area contributed by atoms with Crippen molar-refractivity contribution >= 4 is 15.7 Å². The number of ether oxygens (including phenoxy) is 1. The molecule has 0 unspecified atom stereocenters. The van der Waals surface area contributed by atoms with E-state index in [2.05, 4.69) is 10.5 Å². The summed E-state index contributed by atoms with van der Waals surface area (Å²) in [6.07, 6.45) is -0.129. The highest BCUT2D eigenvalue weighted by Gasteiger charge is 2.21. The molecule has 1 amide bonds. The van der Waals surface area contributed by atoms with Crippen LogP contribution in [-0.4, -0.2) is 32.3 Å². The number of hydrogen-bond acceptors (Lipinski definition) is 6. The molecule has 0 spiro atoms. The number of amides is 1. The zero-order valence-corrected chi connectivity index (χ0v) is 18.9. The number of carbonyl (C=O) groups is 1. The second kappa shape index (κ2) is 9.34. The second-order valence-corrected chi connectivity index (χ2v) is 9.48. The number of rotatable bonds is 8. The summed E-state index contributed by atoms with van der Waals surface area (Å²) in [6.45, 7) is 5.74. The van der Waals surface area contributed by atoms with E-state index in [1.807, 2.05) is 44.2 Å². The lowest BCUT2D eigenvalue weighted by molar-refractivity contribution is -0.120. The van der Waals surface area contributed by atoms with Gasteiger partial charge in [-0.25, -0.2) is 8.42 Å². The first-order valence-corrected chi connectivity index (χ1v) is 11.5. The first-order chi connectivity index (χ1) is 14.7. The van der Waals surface area contributed by atoms with Crippen LogP contribution in [0.5, 0.6) is 5.75 Å². The van der Waals surface area contributed by atoms with Crippen molar-refractivity contribution < 1.29 is 22.5 Å². The van der Waals surface area contributed by atoms with Crippen molar-refractivity contribution in [2.24, 2.45) is 0 Å². The highest BCUT2D eigenvalue weighted by Crippen LogP contribution is 2.29. The van der Waals surface area contributed by atoms with Gasteiger partial charge in [0.05, 0.1) is 23.5 Å². The van der Waals surface area contributed by atoms with Crippen molar-refractivity contribution in [2.75, 3.05) is 12.9 Å². The fourth-order valence-electron chi connectivity index (χ4n) is 3.17. The monoisotopic (exact) mass is 442 g/mol. The number of nitrogens with zero attached hydrogens (tertiary/aromatic N) is 1. The minimum Gasteiger partial charge on any atom is -0.497 e. The van der Waals surface area contributed by atoms with E-state index in [0.29, 0.717) is 29.2 Å². The number of benzene rings is 2. The van der Waals surface area contributed by atoms with Gasteiger partial charge in [-0.15, -0.1) is 0 Å². The number of aryl methyl sites for hydroxylation is 2. The Hall–Kier alpha value is -3.13. The van der Waals surface area contributed by atoms with Crippen LogP contribution in [0.15, 0.2) is 51.9 Å². The first-order valence-electron chi connectivity index (χ1n) is 9.87. The standard InChI is InChI=1S/C23H26N2O5S/c1-15-8-9-19(23-16(2)17(3)25-30-23)13-21(15)31(27,28)11-10-22(26)24-14-18-6-5-7-20(12-18)29-4/h5-9,12-13H,10-11,14H2,1-4H3,(H,24,26). The molecule has 0 fully saturated rings. The minimum absolute atomic E-state index is 0.129. The van der Waals surface area contributed by atoms with Gasteiger partial charge in [-0.1, -0.05) is 29.4 Å². The zero-order chi connectivity index (χ0) is 22.6. The average Bonchev–Trinajstić information content (AvgIpc) is 3.09. The summed E-state index contributed by atoms with van der Waals surface area (Å²) < 4.78 is 36.4. The van der Waals surface area contributed by atoms with E-state index in [4.69, 9.17) is 9.26 Å². The van der Waals surface area contributed by atoms with E-state index in [0.717, 1.165) is 16.8 Å². The Bertz CT molecular complexity index is 1200. The molecule has 1 aromatic heterocycles. The maximum atomic E-state index is 12.9. The third-order valence-corrected chi connectivity index (χ3v) is 7.02. The van der Waals surface area contributed by atoms with Crippen molar-refractivity contribution in [1.29, 1.82) is 0 Å². The van der Waals surface area contributed by atoms with Gasteiger partial charge in [-0.3, -0.25) is 4.79 Å². The normalized spacial score (nSPS) is 11.4. The lowest BCUT2D eigenvalue weighted by Crippen LogP contribution is -2.25. The Balaban J connectivity index is 1.68. The molecular weight excluding hydrogens is 416 g/mol. The number of hydrogen-bond donors (Lipinski definition) is 1. The molecule has 0 saturated heterocycles. The summed E-state index contributed by atoms with van der Waals surface area (Å²) in [5.74, 6) is 0.629. The Morgan fingerprint density at radius 1 is 1.13 bits per heavy atom. The van der Waals surface area contributed by atoms with Crippen LogP contribution in [0.25, 0.3) is 11.3 Å². The molecule has 31 heavy (non-hydrogen) atoms. The topological polar surface area (TPSA) is 98.5 Å². The molecule has 0 bridgehead atoms. The van der Waals surface area contributed by atoms with Crippen LogP contribution in [0.3, 0.4) is 0 Å². The maximum absolute atomic E-state index is 12.9. The summed E-state index contributed by atoms with van der Waals surface area (Å²) in [5.41, 5.74) is 3.76. The third kappa shape index (κ3) is 5.32. The van der Waals surface area contributed by atoms with Crippen LogP contribution in [0.4, 0.5) is 0 Å². The van der Waals surface area contributed by atoms with Crippen molar-refractivity contribution in [3.8, 4) is 17.1 Å². The molecule has 164 valence electrons. The molecule has 3 aromatic rings. The summed E-state index contributed by atoms with van der Waals surface area (Å²) >= 11 is 0. The van der Waals surface area contributed by atoms with Crippen LogP contribution in [0.2, 0.25) is 0 Å². The molecule has 3 rings (SSSR count). The number of methoxy groups -OCH3 is 1. The quantitative estimate of drug-likeness (QED) is 0.570. The SMILES string of the molecule is COc1cccc(CNC(=O)CCS(=O)(=O)c2cc(-c3onc(C)c3C)ccc2C)c1. The molecular formula is C23H26N2O5S. The number of sulfone groups is 1. The van der Waals surface area contributed by atoms with Gasteiger partial charge < -0.3 is 14.6 Å². The van der Waals surface area contributed by atoms with E-state index in [9.17, 15) is 13.2 Å². The van der Waals surface area contributed by atoms with Crippen molar-refractivity contribution in [3.05, 3.63) is 64.8 Å². The molecule has 0 aliphatic heterocycles. The summed E-state index contributed by atoms with van der Waals surface area (Å²) in [5, 5.41) is 6.69. The van der Waals surface area contributed by atoms with E-state index < -0.39 is 9.84 Å². The Morgan fingerprint density at radius 2 is 1.90 bits per heavy atom. The average molecular weight is 443 g/mol. The third-order valence-electron chi connectivity index (χ3n) is 5.16. The highest BCUT2D eigenvalue weighted by molar-refractivity contribution is 7.91. The first kappa shape index (κ1) is 22.6. The highest BCUT2D eigenvalue weighted by atomic mass is 32.2. The second-order valence-electron chi connectivity index (χ2n) is 7.40. The molecule has 0 aliphatic carbocycles. The van der Waals surface area contributed by atoms with Gasteiger partial charge in [-0.05, 0) is 50.1 Å². The lowest BCUT2D eigenvalue weighted by Gasteiger charge is -2.10. The van der Waals surface area contributed by atoms with Gasteiger partial charge in [-0.2, -0.15) is 0 Å². The predicted octanol–water partition coefficient (Wildman–Crippen LogP) is 3.76. The number of aromatic nitrogens is 1. The molecule has 2 aromatic carbocycles. The summed E-state index contributed by atoms with van der Waals surface area (Å²) in [4.78, 5) is 12.4. The van der Waals surface area contributed by atoms with Crippen LogP contribution in [0, 0.1) is 20.8 Å². The maximum Gasteiger partial charge on any atom is 0.221 e. The van der Waals surface area contributed by atoms with Crippen molar-refractivity contribution in [3.63, 3.8) is 0 Å². The molecule has 1 heterocycles. The van der Waals surface area contributed by atoms with Gasteiger partial charge in [0.1, 0.15) is 5.75 Å². The smallest absolute Gasteiger partial charge is 0.221 e. The van der Waals surface area contributed by atoms with Crippen LogP contribution in [-0.2, 0) is 21.2 Å². The molecule has 8 heteroatoms. The molecule has 0 aliphatic rings. The van der Waals surface area contributed by atoms with Crippen molar-refractivity contribution in [1.82, 2.24) is 10.5 Å². The van der Waals surface area contributed by atoms with Gasteiger partial charge >= 0.3 is 0 Å². The number of nitrogens with one attached hydrogen (secondary N) is 1. The largest absolute Gasteiger partial charge is 0.497 e. The van der Waals surface area contributed by atoms with Crippen LogP contribution >= 0.6 is 0 Å². The van der Waals surface area contributed by atoms with E-state index in [1.54, 1.807) is 26.2 Å². The minimum atomic E-state index is -3.66. The summed E-state index contributed by atoms with van der Waals surface area (Å²) in [7, 11) is -2.09. The van der Waals surface area contributed by atoms with Crippen LogP contribution < -0.4 is 10.1 Å². The van der Waals surface area contributed by atoms with Crippen LogP contribution in [0.1, 0.15) is 28.8 Å². The fourth-order valence-corrected chi connectivity index (χ4v) is 4.71. The Morgan fingerprint density at radius 3 is 2.58 bits per heavy atom. The van der Waals surface area contributed by atoms with E-state index in [1.165, 1.54) is 0 Å². The predicted molar refractivity (Wildman–Crippen MR) is 118 cm³/mol. The number of carbonyl (C=O) groups excluding carboxylic acids is 1. The summed E-state index contributed by atoms with van der Waals surface area (Å²) in [6, 6.07) is 12.5. The van der Waals surface area contributed by atoms with Gasteiger partial charge in [0, 0.05) is 24.1 Å². The van der Waals surface area contributed by atoms with Crippen molar-refractivity contribution in [2.45, 2.75) is 38.6 Å². The van der Waals surface area contributed by atoms with Gasteiger partial charge in [0.15, 0.2) is 15.6 Å². The van der Waals surface area contributed by atoms with Gasteiger partial charge in [0.25, 0.3) is 0 Å². The fraction of sp³-hybridized carbons (Fsp3) is 0.304. The molecule has 1 N–H and O–H groups in total. The zero-order valence-electron chi connectivity index (χ0n) is 18.1. The molecule has 0 atom stereocenters. The molecule has 7 nitrogen and oxygen atoms in total. The molecule has 0 radical (unpaired) electrons.